The third-order valence-corrected chi connectivity index (χ3v) is 3.09. The van der Waals surface area contributed by atoms with Gasteiger partial charge in [-0.3, -0.25) is 4.79 Å². The van der Waals surface area contributed by atoms with Gasteiger partial charge in [-0.1, -0.05) is 12.1 Å². The van der Waals surface area contributed by atoms with E-state index in [4.69, 9.17) is 5.73 Å². The maximum absolute atomic E-state index is 12.0. The number of halogens is 4. The molecule has 2 rings (SSSR count). The number of amides is 1. The second-order valence-electron chi connectivity index (χ2n) is 4.76. The van der Waals surface area contributed by atoms with Gasteiger partial charge in [0.1, 0.15) is 5.75 Å². The summed E-state index contributed by atoms with van der Waals surface area (Å²) in [6.45, 7) is 1.17. The van der Waals surface area contributed by atoms with Crippen molar-refractivity contribution in [3.8, 4) is 5.75 Å². The van der Waals surface area contributed by atoms with E-state index in [2.05, 4.69) is 4.74 Å². The van der Waals surface area contributed by atoms with Crippen molar-refractivity contribution in [2.45, 2.75) is 25.2 Å². The molecule has 0 unspecified atom stereocenters. The Balaban J connectivity index is 0.00000220. The number of carbonyl (C=O) groups excluding carboxylic acids is 1. The van der Waals surface area contributed by atoms with Crippen molar-refractivity contribution in [3.05, 3.63) is 29.8 Å². The molecule has 8 heteroatoms. The monoisotopic (exact) mass is 324 g/mol. The lowest BCUT2D eigenvalue weighted by Gasteiger charge is -2.16. The standard InChI is InChI=1S/C13H15F3N2O2.ClH/c14-13(15,16)20-11-3-1-9(2-4-11)7-12(19)18-6-5-10(17)8-18;/h1-4,10H,5-8,17H2;1H/t10-;/m0./s1. The van der Waals surface area contributed by atoms with Crippen LogP contribution in [0.2, 0.25) is 0 Å². The molecule has 118 valence electrons. The first-order valence-corrected chi connectivity index (χ1v) is 6.21. The van der Waals surface area contributed by atoms with Gasteiger partial charge in [0, 0.05) is 19.1 Å². The molecule has 1 aromatic carbocycles. The normalized spacial score (nSPS) is 18.3. The van der Waals surface area contributed by atoms with E-state index in [1.165, 1.54) is 24.3 Å². The quantitative estimate of drug-likeness (QED) is 0.926. The van der Waals surface area contributed by atoms with Gasteiger partial charge in [0.2, 0.25) is 5.91 Å². The Labute approximate surface area is 126 Å². The van der Waals surface area contributed by atoms with Gasteiger partial charge >= 0.3 is 6.36 Å². The SMILES string of the molecule is Cl.N[C@H]1CCN(C(=O)Cc2ccc(OC(F)(F)F)cc2)C1. The van der Waals surface area contributed by atoms with Gasteiger partial charge in [-0.15, -0.1) is 25.6 Å². The van der Waals surface area contributed by atoms with Crippen LogP contribution in [-0.4, -0.2) is 36.3 Å². The molecule has 1 saturated heterocycles. The highest BCUT2D eigenvalue weighted by Gasteiger charge is 2.31. The summed E-state index contributed by atoms with van der Waals surface area (Å²) < 4.78 is 39.8. The molecule has 2 N–H and O–H groups in total. The maximum Gasteiger partial charge on any atom is 0.573 e. The summed E-state index contributed by atoms with van der Waals surface area (Å²) in [5, 5.41) is 0. The third kappa shape index (κ3) is 5.43. The van der Waals surface area contributed by atoms with Gasteiger partial charge in [-0.05, 0) is 24.1 Å². The van der Waals surface area contributed by atoms with Crippen LogP contribution in [0.4, 0.5) is 13.2 Å². The second kappa shape index (κ2) is 7.00. The zero-order valence-electron chi connectivity index (χ0n) is 11.1. The fourth-order valence-electron chi connectivity index (χ4n) is 2.11. The van der Waals surface area contributed by atoms with Crippen LogP contribution < -0.4 is 10.5 Å². The van der Waals surface area contributed by atoms with Crippen LogP contribution in [0.25, 0.3) is 0 Å². The fraction of sp³-hybridized carbons (Fsp3) is 0.462. The van der Waals surface area contributed by atoms with Gasteiger partial charge in [0.15, 0.2) is 0 Å². The lowest BCUT2D eigenvalue weighted by molar-refractivity contribution is -0.274. The molecule has 0 spiro atoms. The van der Waals surface area contributed by atoms with Gasteiger partial charge < -0.3 is 15.4 Å². The molecule has 1 aromatic rings. The predicted octanol–water partition coefficient (Wildman–Crippen LogP) is 2.11. The van der Waals surface area contributed by atoms with Gasteiger partial charge in [-0.2, -0.15) is 0 Å². The van der Waals surface area contributed by atoms with Crippen LogP contribution in [-0.2, 0) is 11.2 Å². The molecule has 0 saturated carbocycles. The molecular weight excluding hydrogens is 309 g/mol. The minimum absolute atomic E-state index is 0. The van der Waals surface area contributed by atoms with Crippen LogP contribution >= 0.6 is 12.4 Å². The first-order valence-electron chi connectivity index (χ1n) is 6.21. The number of benzene rings is 1. The van der Waals surface area contributed by atoms with E-state index in [1.807, 2.05) is 0 Å². The summed E-state index contributed by atoms with van der Waals surface area (Å²) in [7, 11) is 0. The molecular formula is C13H16ClF3N2O2. The molecule has 0 bridgehead atoms. The number of carbonyl (C=O) groups is 1. The summed E-state index contributed by atoms with van der Waals surface area (Å²) in [6.07, 6.45) is -3.77. The molecule has 0 aliphatic carbocycles. The number of rotatable bonds is 3. The maximum atomic E-state index is 12.0. The van der Waals surface area contributed by atoms with Crippen LogP contribution in [0.15, 0.2) is 24.3 Å². The Hall–Kier alpha value is -1.47. The van der Waals surface area contributed by atoms with E-state index >= 15 is 0 Å². The van der Waals surface area contributed by atoms with Gasteiger partial charge in [-0.25, -0.2) is 0 Å². The first kappa shape index (κ1) is 17.6. The molecule has 1 aliphatic rings. The number of hydrogen-bond acceptors (Lipinski definition) is 3. The predicted molar refractivity (Wildman–Crippen MR) is 73.2 cm³/mol. The van der Waals surface area contributed by atoms with Crippen LogP contribution in [0.5, 0.6) is 5.75 Å². The number of alkyl halides is 3. The highest BCUT2D eigenvalue weighted by molar-refractivity contribution is 5.85. The zero-order chi connectivity index (χ0) is 14.8. The summed E-state index contributed by atoms with van der Waals surface area (Å²) in [4.78, 5) is 13.6. The molecule has 0 radical (unpaired) electrons. The fourth-order valence-corrected chi connectivity index (χ4v) is 2.11. The minimum atomic E-state index is -4.71. The first-order chi connectivity index (χ1) is 9.33. The third-order valence-electron chi connectivity index (χ3n) is 3.09. The minimum Gasteiger partial charge on any atom is -0.406 e. The number of hydrogen-bond donors (Lipinski definition) is 1. The molecule has 1 amide bonds. The van der Waals surface area contributed by atoms with E-state index in [-0.39, 0.29) is 36.5 Å². The molecule has 4 nitrogen and oxygen atoms in total. The summed E-state index contributed by atoms with van der Waals surface area (Å²) in [5.74, 6) is -0.362. The van der Waals surface area contributed by atoms with Crippen molar-refractivity contribution < 1.29 is 22.7 Å². The number of likely N-dealkylation sites (tertiary alicyclic amines) is 1. The van der Waals surface area contributed by atoms with Crippen molar-refractivity contribution in [3.63, 3.8) is 0 Å². The smallest absolute Gasteiger partial charge is 0.406 e. The average Bonchev–Trinajstić information content (AvgIpc) is 2.77. The van der Waals surface area contributed by atoms with Crippen LogP contribution in [0.1, 0.15) is 12.0 Å². The Bertz CT molecular complexity index is 479. The Morgan fingerprint density at radius 2 is 1.95 bits per heavy atom. The van der Waals surface area contributed by atoms with Crippen molar-refractivity contribution in [1.82, 2.24) is 4.90 Å². The van der Waals surface area contributed by atoms with Crippen LogP contribution in [0, 0.1) is 0 Å². The van der Waals surface area contributed by atoms with E-state index in [1.54, 1.807) is 4.90 Å². The van der Waals surface area contributed by atoms with Crippen molar-refractivity contribution in [2.75, 3.05) is 13.1 Å². The van der Waals surface area contributed by atoms with Crippen molar-refractivity contribution in [2.24, 2.45) is 5.73 Å². The molecule has 1 fully saturated rings. The van der Waals surface area contributed by atoms with E-state index in [9.17, 15) is 18.0 Å². The van der Waals surface area contributed by atoms with Crippen molar-refractivity contribution >= 4 is 18.3 Å². The van der Waals surface area contributed by atoms with E-state index < -0.39 is 6.36 Å². The Morgan fingerprint density at radius 3 is 2.43 bits per heavy atom. The summed E-state index contributed by atoms with van der Waals surface area (Å²) in [6, 6.07) is 5.32. The average molecular weight is 325 g/mol. The molecule has 21 heavy (non-hydrogen) atoms. The molecule has 1 atom stereocenters. The number of nitrogens with two attached hydrogens (primary N) is 1. The highest BCUT2D eigenvalue weighted by Crippen LogP contribution is 2.23. The molecule has 1 heterocycles. The lowest BCUT2D eigenvalue weighted by atomic mass is 10.1. The van der Waals surface area contributed by atoms with E-state index in [0.717, 1.165) is 6.42 Å². The van der Waals surface area contributed by atoms with Gasteiger partial charge in [0.05, 0.1) is 6.42 Å². The number of nitrogens with zero attached hydrogens (tertiary/aromatic N) is 1. The van der Waals surface area contributed by atoms with Crippen LogP contribution in [0.3, 0.4) is 0 Å². The summed E-state index contributed by atoms with van der Waals surface area (Å²) in [5.41, 5.74) is 6.36. The zero-order valence-corrected chi connectivity index (χ0v) is 11.9. The topological polar surface area (TPSA) is 55.6 Å². The highest BCUT2D eigenvalue weighted by atomic mass is 35.5. The number of ether oxygens (including phenoxy) is 1. The summed E-state index contributed by atoms with van der Waals surface area (Å²) >= 11 is 0. The van der Waals surface area contributed by atoms with Gasteiger partial charge in [0.25, 0.3) is 0 Å². The lowest BCUT2D eigenvalue weighted by Crippen LogP contribution is -2.32. The molecule has 0 aromatic heterocycles. The Morgan fingerprint density at radius 1 is 1.33 bits per heavy atom. The largest absolute Gasteiger partial charge is 0.573 e. The Kier molecular flexibility index (Phi) is 5.86. The van der Waals surface area contributed by atoms with Crippen molar-refractivity contribution in [1.29, 1.82) is 0 Å². The second-order valence-corrected chi connectivity index (χ2v) is 4.76. The van der Waals surface area contributed by atoms with E-state index in [0.29, 0.717) is 18.7 Å². The molecule has 1 aliphatic heterocycles.